The maximum Gasteiger partial charge on any atom is 0.243 e. The minimum Gasteiger partial charge on any atom is -0.372 e. The molecule has 3 rings (SSSR count). The molecule has 1 aliphatic heterocycles. The Labute approximate surface area is 204 Å². The van der Waals surface area contributed by atoms with Crippen molar-refractivity contribution >= 4 is 40.1 Å². The van der Waals surface area contributed by atoms with Gasteiger partial charge in [-0.15, -0.1) is 10.2 Å². The number of methoxy groups -OCH3 is 1. The number of hydrogen-bond donors (Lipinski definition) is 1. The van der Waals surface area contributed by atoms with Crippen LogP contribution in [0.25, 0.3) is 5.69 Å². The van der Waals surface area contributed by atoms with Gasteiger partial charge in [-0.3, -0.25) is 9.29 Å². The van der Waals surface area contributed by atoms with Gasteiger partial charge in [0.1, 0.15) is 17.5 Å². The van der Waals surface area contributed by atoms with Gasteiger partial charge in [-0.05, 0) is 52.0 Å². The van der Waals surface area contributed by atoms with Crippen LogP contribution in [-0.2, 0) is 19.5 Å². The Kier molecular flexibility index (Phi) is 8.58. The fraction of sp³-hybridized carbons (Fsp3) is 0.455. The molecule has 1 aromatic heterocycles. The van der Waals surface area contributed by atoms with E-state index >= 15 is 0 Å². The van der Waals surface area contributed by atoms with E-state index < -0.39 is 21.4 Å². The fourth-order valence-electron chi connectivity index (χ4n) is 3.65. The van der Waals surface area contributed by atoms with Crippen LogP contribution in [0.5, 0.6) is 0 Å². The van der Waals surface area contributed by atoms with Crippen LogP contribution in [-0.4, -0.2) is 60.8 Å². The van der Waals surface area contributed by atoms with Crippen molar-refractivity contribution in [1.82, 2.24) is 14.8 Å². The maximum atomic E-state index is 13.4. The van der Waals surface area contributed by atoms with E-state index in [4.69, 9.17) is 21.1 Å². The van der Waals surface area contributed by atoms with Crippen molar-refractivity contribution in [2.45, 2.75) is 51.1 Å². The standard InChI is InChI=1S/C22H29ClN6O4S/c1-14-9-6-7-10-17(14)29-21(18-11-8-12-33-18)26-27-22(29)28-34(30,31)16(3)19(32-5)20(24-4)25-13-15(2)23/h6-7,9-10,13,16,18-19H,4,8,11-12H2,1-3,5H3,(H,27,28)/b15-13+,25-20-/t16-,18-,19-/m0/s1. The van der Waals surface area contributed by atoms with Gasteiger partial charge in [-0.2, -0.15) is 0 Å². The minimum atomic E-state index is -4.03. The second kappa shape index (κ2) is 11.2. The molecule has 10 nitrogen and oxygen atoms in total. The number of allylic oxidation sites excluding steroid dienone is 1. The molecule has 2 aromatic rings. The third kappa shape index (κ3) is 5.72. The molecule has 0 radical (unpaired) electrons. The van der Waals surface area contributed by atoms with Gasteiger partial charge in [0, 0.05) is 24.9 Å². The third-order valence-corrected chi connectivity index (χ3v) is 7.25. The van der Waals surface area contributed by atoms with Gasteiger partial charge in [0.15, 0.2) is 11.7 Å². The van der Waals surface area contributed by atoms with Crippen molar-refractivity contribution in [3.63, 3.8) is 0 Å². The molecule has 1 aromatic carbocycles. The lowest BCUT2D eigenvalue weighted by Crippen LogP contribution is -2.41. The molecule has 0 bridgehead atoms. The summed E-state index contributed by atoms with van der Waals surface area (Å²) in [5.41, 5.74) is 1.68. The summed E-state index contributed by atoms with van der Waals surface area (Å²) in [5.74, 6) is 0.682. The van der Waals surface area contributed by atoms with Gasteiger partial charge >= 0.3 is 0 Å². The number of halogens is 1. The number of ether oxygens (including phenoxy) is 2. The van der Waals surface area contributed by atoms with Crippen molar-refractivity contribution < 1.29 is 17.9 Å². The zero-order chi connectivity index (χ0) is 24.9. The largest absolute Gasteiger partial charge is 0.372 e. The molecule has 1 fully saturated rings. The van der Waals surface area contributed by atoms with Crippen molar-refractivity contribution in [3.8, 4) is 5.69 Å². The fourth-order valence-corrected chi connectivity index (χ4v) is 4.83. The van der Waals surface area contributed by atoms with Crippen molar-refractivity contribution in [2.24, 2.45) is 9.98 Å². The summed E-state index contributed by atoms with van der Waals surface area (Å²) < 4.78 is 42.3. The number of para-hydroxylation sites is 1. The summed E-state index contributed by atoms with van der Waals surface area (Å²) in [4.78, 5) is 7.95. The first-order valence-corrected chi connectivity index (χ1v) is 12.7. The average Bonchev–Trinajstić information content (AvgIpc) is 3.46. The number of aryl methyl sites for hydroxylation is 1. The van der Waals surface area contributed by atoms with Gasteiger partial charge in [0.25, 0.3) is 0 Å². The Bertz CT molecular complexity index is 1180. The van der Waals surface area contributed by atoms with E-state index in [1.165, 1.54) is 20.2 Å². The summed E-state index contributed by atoms with van der Waals surface area (Å²) in [6.45, 7) is 9.16. The van der Waals surface area contributed by atoms with Gasteiger partial charge < -0.3 is 9.47 Å². The van der Waals surface area contributed by atoms with Crippen molar-refractivity contribution in [1.29, 1.82) is 0 Å². The van der Waals surface area contributed by atoms with Gasteiger partial charge in [-0.1, -0.05) is 29.8 Å². The smallest absolute Gasteiger partial charge is 0.243 e. The highest BCUT2D eigenvalue weighted by Gasteiger charge is 2.35. The van der Waals surface area contributed by atoms with Crippen LogP contribution in [0.2, 0.25) is 0 Å². The molecule has 2 heterocycles. The number of anilines is 1. The highest BCUT2D eigenvalue weighted by atomic mass is 35.5. The zero-order valence-corrected chi connectivity index (χ0v) is 21.2. The summed E-state index contributed by atoms with van der Waals surface area (Å²) >= 11 is 5.84. The normalized spacial score (nSPS) is 19.1. The lowest BCUT2D eigenvalue weighted by Gasteiger charge is -2.23. The van der Waals surface area contributed by atoms with E-state index in [1.54, 1.807) is 11.5 Å². The molecule has 184 valence electrons. The van der Waals surface area contributed by atoms with E-state index in [0.29, 0.717) is 17.5 Å². The van der Waals surface area contributed by atoms with Crippen molar-refractivity contribution in [3.05, 3.63) is 46.9 Å². The molecule has 0 spiro atoms. The number of benzene rings is 1. The van der Waals surface area contributed by atoms with Crippen LogP contribution >= 0.6 is 11.6 Å². The van der Waals surface area contributed by atoms with E-state index in [1.807, 2.05) is 31.2 Å². The Morgan fingerprint density at radius 1 is 1.41 bits per heavy atom. The van der Waals surface area contributed by atoms with Gasteiger partial charge in [0.05, 0.1) is 5.69 Å². The topological polar surface area (TPSA) is 120 Å². The Morgan fingerprint density at radius 2 is 2.15 bits per heavy atom. The highest BCUT2D eigenvalue weighted by Crippen LogP contribution is 2.32. The maximum absolute atomic E-state index is 13.4. The van der Waals surface area contributed by atoms with Gasteiger partial charge in [-0.25, -0.2) is 18.4 Å². The number of sulfonamides is 1. The van der Waals surface area contributed by atoms with E-state index in [-0.39, 0.29) is 17.9 Å². The third-order valence-electron chi connectivity index (χ3n) is 5.46. The average molecular weight is 509 g/mol. The molecule has 1 N–H and O–H groups in total. The first kappa shape index (κ1) is 26.0. The first-order chi connectivity index (χ1) is 16.2. The lowest BCUT2D eigenvalue weighted by atomic mass is 10.2. The van der Waals surface area contributed by atoms with E-state index in [0.717, 1.165) is 24.1 Å². The summed E-state index contributed by atoms with van der Waals surface area (Å²) in [6, 6.07) is 7.59. The zero-order valence-electron chi connectivity index (χ0n) is 19.6. The number of aliphatic imine (C=N–C) groups is 2. The summed E-state index contributed by atoms with van der Waals surface area (Å²) in [7, 11) is -2.66. The highest BCUT2D eigenvalue weighted by molar-refractivity contribution is 7.93. The number of aromatic nitrogens is 3. The summed E-state index contributed by atoms with van der Waals surface area (Å²) in [5, 5.41) is 7.75. The SMILES string of the molecule is C=N/C(=N\C=C(/C)Cl)[C@@H](OC)[C@H](C)S(=O)(=O)Nc1nnc([C@@H]2CCCO2)n1-c1ccccc1C. The Balaban J connectivity index is 2.01. The van der Waals surface area contributed by atoms with Crippen LogP contribution in [0.3, 0.4) is 0 Å². The van der Waals surface area contributed by atoms with Gasteiger partial charge in [0.2, 0.25) is 16.0 Å². The number of rotatable bonds is 9. The minimum absolute atomic E-state index is 0.0584. The van der Waals surface area contributed by atoms with Crippen LogP contribution in [0.1, 0.15) is 44.2 Å². The molecule has 34 heavy (non-hydrogen) atoms. The quantitative estimate of drug-likeness (QED) is 0.406. The molecule has 1 aliphatic rings. The van der Waals surface area contributed by atoms with Crippen LogP contribution in [0, 0.1) is 6.92 Å². The van der Waals surface area contributed by atoms with Crippen LogP contribution < -0.4 is 4.72 Å². The van der Waals surface area contributed by atoms with E-state index in [2.05, 4.69) is 31.6 Å². The number of hydrogen-bond acceptors (Lipinski definition) is 7. The molecule has 1 saturated heterocycles. The molecule has 3 atom stereocenters. The Hall–Kier alpha value is -2.60. The summed E-state index contributed by atoms with van der Waals surface area (Å²) in [6.07, 6.45) is 1.74. The molecule has 0 amide bonds. The second-order valence-corrected chi connectivity index (χ2v) is 10.5. The Morgan fingerprint density at radius 3 is 2.74 bits per heavy atom. The first-order valence-electron chi connectivity index (χ1n) is 10.7. The molecular weight excluding hydrogens is 480 g/mol. The predicted molar refractivity (Wildman–Crippen MR) is 133 cm³/mol. The van der Waals surface area contributed by atoms with E-state index in [9.17, 15) is 8.42 Å². The van der Waals surface area contributed by atoms with Crippen LogP contribution in [0.4, 0.5) is 5.95 Å². The number of nitrogens with one attached hydrogen (secondary N) is 1. The molecule has 0 unspecified atom stereocenters. The predicted octanol–water partition coefficient (Wildman–Crippen LogP) is 3.77. The molecule has 12 heteroatoms. The van der Waals surface area contributed by atoms with Crippen molar-refractivity contribution in [2.75, 3.05) is 18.4 Å². The number of nitrogens with zero attached hydrogens (tertiary/aromatic N) is 5. The van der Waals surface area contributed by atoms with Crippen LogP contribution in [0.15, 0.2) is 45.5 Å². The molecular formula is C22H29ClN6O4S. The molecule has 0 aliphatic carbocycles. The lowest BCUT2D eigenvalue weighted by molar-refractivity contribution is 0.103. The number of amidine groups is 1. The second-order valence-electron chi connectivity index (χ2n) is 7.88. The molecule has 0 saturated carbocycles. The monoisotopic (exact) mass is 508 g/mol.